The number of carbonyl (C=O) groups is 3. The summed E-state index contributed by atoms with van der Waals surface area (Å²) < 4.78 is 11.1. The first-order valence-corrected chi connectivity index (χ1v) is 14.4. The standard InChI is InChI=1S/C30H37N5O5S/c1-30(2,3)40-29(38)35-18-20-7-9-23(39-6)13-21(20)14-25(35)28(37)33-24-10-8-19(22-16-31-32-17-22)15-26(24)41-12-11-27(36)34(4)5/h7-10,13,15-17,25H,11-12,14,18H2,1-6H3,(H,31,32)(H,33,37)/t25-/m1/s1. The van der Waals surface area contributed by atoms with Crippen LogP contribution in [0.15, 0.2) is 53.7 Å². The Labute approximate surface area is 244 Å². The molecule has 0 unspecified atom stereocenters. The molecule has 3 aromatic rings. The van der Waals surface area contributed by atoms with Crippen molar-refractivity contribution in [2.45, 2.75) is 56.7 Å². The maximum Gasteiger partial charge on any atom is 0.411 e. The van der Waals surface area contributed by atoms with Crippen molar-refractivity contribution in [1.82, 2.24) is 20.0 Å². The molecule has 4 rings (SSSR count). The van der Waals surface area contributed by atoms with Crippen LogP contribution < -0.4 is 10.1 Å². The number of benzene rings is 2. The minimum atomic E-state index is -0.800. The molecule has 0 saturated heterocycles. The van der Waals surface area contributed by atoms with Crippen molar-refractivity contribution in [3.05, 3.63) is 59.9 Å². The molecular formula is C30H37N5O5S. The molecule has 218 valence electrons. The number of hydrogen-bond donors (Lipinski definition) is 2. The van der Waals surface area contributed by atoms with Gasteiger partial charge in [-0.05, 0) is 61.7 Å². The van der Waals surface area contributed by atoms with E-state index in [1.807, 2.05) is 36.4 Å². The molecule has 2 N–H and O–H groups in total. The van der Waals surface area contributed by atoms with E-state index in [1.165, 1.54) is 16.7 Å². The summed E-state index contributed by atoms with van der Waals surface area (Å²) in [5.74, 6) is 0.925. The van der Waals surface area contributed by atoms with Gasteiger partial charge in [-0.1, -0.05) is 12.1 Å². The highest BCUT2D eigenvalue weighted by Crippen LogP contribution is 2.34. The second-order valence-corrected chi connectivity index (χ2v) is 12.2. The maximum absolute atomic E-state index is 13.9. The van der Waals surface area contributed by atoms with Crippen molar-refractivity contribution < 1.29 is 23.9 Å². The Bertz CT molecular complexity index is 1400. The lowest BCUT2D eigenvalue weighted by Crippen LogP contribution is -2.52. The molecule has 1 atom stereocenters. The van der Waals surface area contributed by atoms with Gasteiger partial charge in [-0.2, -0.15) is 5.10 Å². The summed E-state index contributed by atoms with van der Waals surface area (Å²) in [6, 6.07) is 10.6. The number of nitrogens with one attached hydrogen (secondary N) is 2. The highest BCUT2D eigenvalue weighted by Gasteiger charge is 2.37. The molecule has 1 aliphatic rings. The number of methoxy groups -OCH3 is 1. The molecule has 1 aliphatic heterocycles. The average molecular weight is 580 g/mol. The Morgan fingerprint density at radius 2 is 1.90 bits per heavy atom. The van der Waals surface area contributed by atoms with Crippen LogP contribution in [0.25, 0.3) is 11.1 Å². The van der Waals surface area contributed by atoms with E-state index in [0.717, 1.165) is 27.1 Å². The van der Waals surface area contributed by atoms with Crippen LogP contribution in [0.4, 0.5) is 10.5 Å². The number of anilines is 1. The molecule has 3 amide bonds. The van der Waals surface area contributed by atoms with Crippen LogP contribution in [0.1, 0.15) is 38.3 Å². The average Bonchev–Trinajstić information content (AvgIpc) is 3.46. The van der Waals surface area contributed by atoms with E-state index in [0.29, 0.717) is 30.0 Å². The molecule has 2 aromatic carbocycles. The quantitative estimate of drug-likeness (QED) is 0.363. The third kappa shape index (κ3) is 7.60. The van der Waals surface area contributed by atoms with Gasteiger partial charge in [-0.3, -0.25) is 19.6 Å². The molecule has 0 spiro atoms. The highest BCUT2D eigenvalue weighted by atomic mass is 32.2. The predicted octanol–water partition coefficient (Wildman–Crippen LogP) is 4.96. The first-order chi connectivity index (χ1) is 19.4. The lowest BCUT2D eigenvalue weighted by Gasteiger charge is -2.37. The van der Waals surface area contributed by atoms with E-state index in [2.05, 4.69) is 15.5 Å². The van der Waals surface area contributed by atoms with Gasteiger partial charge in [0.05, 0.1) is 25.5 Å². The molecule has 0 fully saturated rings. The Morgan fingerprint density at radius 3 is 2.56 bits per heavy atom. The van der Waals surface area contributed by atoms with E-state index in [-0.39, 0.29) is 18.4 Å². The van der Waals surface area contributed by atoms with Gasteiger partial charge >= 0.3 is 6.09 Å². The summed E-state index contributed by atoms with van der Waals surface area (Å²) in [4.78, 5) is 43.2. The lowest BCUT2D eigenvalue weighted by molar-refractivity contribution is -0.128. The molecule has 0 saturated carbocycles. The summed E-state index contributed by atoms with van der Waals surface area (Å²) in [7, 11) is 5.05. The molecule has 11 heteroatoms. The zero-order valence-corrected chi connectivity index (χ0v) is 25.1. The lowest BCUT2D eigenvalue weighted by atomic mass is 9.93. The number of amides is 3. The number of ether oxygens (including phenoxy) is 2. The second-order valence-electron chi connectivity index (χ2n) is 11.0. The number of thioether (sulfide) groups is 1. The number of nitrogens with zero attached hydrogens (tertiary/aromatic N) is 3. The Kier molecular flexibility index (Phi) is 9.27. The minimum absolute atomic E-state index is 0.0263. The Hall–Kier alpha value is -3.99. The van der Waals surface area contributed by atoms with Crippen molar-refractivity contribution in [3.8, 4) is 16.9 Å². The van der Waals surface area contributed by atoms with Gasteiger partial charge < -0.3 is 19.7 Å². The topological polar surface area (TPSA) is 117 Å². The van der Waals surface area contributed by atoms with Crippen LogP contribution in [0.2, 0.25) is 0 Å². The van der Waals surface area contributed by atoms with Crippen LogP contribution in [0, 0.1) is 0 Å². The van der Waals surface area contributed by atoms with Gasteiger partial charge in [-0.15, -0.1) is 11.8 Å². The molecule has 0 aliphatic carbocycles. The monoisotopic (exact) mass is 579 g/mol. The zero-order chi connectivity index (χ0) is 29.7. The Balaban J connectivity index is 1.62. The predicted molar refractivity (Wildman–Crippen MR) is 159 cm³/mol. The van der Waals surface area contributed by atoms with E-state index in [1.54, 1.807) is 59.3 Å². The van der Waals surface area contributed by atoms with Crippen molar-refractivity contribution >= 4 is 35.4 Å². The largest absolute Gasteiger partial charge is 0.497 e. The van der Waals surface area contributed by atoms with Crippen molar-refractivity contribution in [2.24, 2.45) is 0 Å². The highest BCUT2D eigenvalue weighted by molar-refractivity contribution is 7.99. The van der Waals surface area contributed by atoms with Gasteiger partial charge in [0.2, 0.25) is 11.8 Å². The smallest absolute Gasteiger partial charge is 0.411 e. The fourth-order valence-corrected chi connectivity index (χ4v) is 5.44. The van der Waals surface area contributed by atoms with Crippen molar-refractivity contribution in [2.75, 3.05) is 32.3 Å². The van der Waals surface area contributed by atoms with Gasteiger partial charge in [0.15, 0.2) is 0 Å². The fraction of sp³-hybridized carbons (Fsp3) is 0.400. The molecular weight excluding hydrogens is 542 g/mol. The first kappa shape index (κ1) is 30.0. The van der Waals surface area contributed by atoms with E-state index >= 15 is 0 Å². The third-order valence-corrected chi connectivity index (χ3v) is 7.67. The number of fused-ring (bicyclic) bond motifs is 1. The Morgan fingerprint density at radius 1 is 1.12 bits per heavy atom. The van der Waals surface area contributed by atoms with Crippen LogP contribution in [-0.4, -0.2) is 76.5 Å². The number of rotatable bonds is 8. The molecule has 0 radical (unpaired) electrons. The summed E-state index contributed by atoms with van der Waals surface area (Å²) >= 11 is 1.49. The zero-order valence-electron chi connectivity index (χ0n) is 24.3. The summed E-state index contributed by atoms with van der Waals surface area (Å²) in [6.45, 7) is 5.64. The molecule has 41 heavy (non-hydrogen) atoms. The fourth-order valence-electron chi connectivity index (χ4n) is 4.45. The van der Waals surface area contributed by atoms with Crippen molar-refractivity contribution in [3.63, 3.8) is 0 Å². The van der Waals surface area contributed by atoms with Crippen LogP contribution >= 0.6 is 11.8 Å². The number of aromatic amines is 1. The maximum atomic E-state index is 13.9. The van der Waals surface area contributed by atoms with Gasteiger partial charge in [-0.25, -0.2) is 4.79 Å². The number of carbonyl (C=O) groups excluding carboxylic acids is 3. The summed E-state index contributed by atoms with van der Waals surface area (Å²) in [6.07, 6.45) is 3.64. The van der Waals surface area contributed by atoms with E-state index < -0.39 is 17.7 Å². The van der Waals surface area contributed by atoms with Crippen molar-refractivity contribution in [1.29, 1.82) is 0 Å². The summed E-state index contributed by atoms with van der Waals surface area (Å²) in [5.41, 5.74) is 3.60. The number of hydrogen-bond acceptors (Lipinski definition) is 7. The molecule has 10 nitrogen and oxygen atoms in total. The van der Waals surface area contributed by atoms with Gasteiger partial charge in [0.25, 0.3) is 0 Å². The van der Waals surface area contributed by atoms with Crippen LogP contribution in [0.3, 0.4) is 0 Å². The van der Waals surface area contributed by atoms with E-state index in [4.69, 9.17) is 9.47 Å². The number of aromatic nitrogens is 2. The minimum Gasteiger partial charge on any atom is -0.497 e. The molecule has 1 aromatic heterocycles. The van der Waals surface area contributed by atoms with Crippen LogP contribution in [0.5, 0.6) is 5.75 Å². The van der Waals surface area contributed by atoms with Gasteiger partial charge in [0, 0.05) is 49.3 Å². The number of H-pyrrole nitrogens is 1. The second kappa shape index (κ2) is 12.7. The SMILES string of the molecule is COc1ccc2c(c1)C[C@H](C(=O)Nc1ccc(-c3cn[nH]c3)cc1SCCC(=O)N(C)C)N(C(=O)OC(C)(C)C)C2. The van der Waals surface area contributed by atoms with Crippen LogP contribution in [-0.2, 0) is 27.3 Å². The third-order valence-electron chi connectivity index (χ3n) is 6.62. The molecule has 2 heterocycles. The summed E-state index contributed by atoms with van der Waals surface area (Å²) in [5, 5.41) is 9.92. The van der Waals surface area contributed by atoms with Gasteiger partial charge in [0.1, 0.15) is 17.4 Å². The normalized spacial score (nSPS) is 14.7. The first-order valence-electron chi connectivity index (χ1n) is 13.4. The van der Waals surface area contributed by atoms with E-state index in [9.17, 15) is 14.4 Å². The molecule has 0 bridgehead atoms.